The summed E-state index contributed by atoms with van der Waals surface area (Å²) in [7, 11) is 0. The van der Waals surface area contributed by atoms with E-state index in [0.717, 1.165) is 30.1 Å². The Bertz CT molecular complexity index is 830. The van der Waals surface area contributed by atoms with Gasteiger partial charge in [-0.25, -0.2) is 4.98 Å². The third-order valence-electron chi connectivity index (χ3n) is 4.63. The van der Waals surface area contributed by atoms with Gasteiger partial charge in [-0.1, -0.05) is 6.07 Å². The number of imidazole rings is 1. The molecule has 3 aromatic rings. The second-order valence-electron chi connectivity index (χ2n) is 6.52. The van der Waals surface area contributed by atoms with E-state index in [1.165, 1.54) is 24.9 Å². The maximum Gasteiger partial charge on any atom is 0.230 e. The van der Waals surface area contributed by atoms with Gasteiger partial charge in [0.25, 0.3) is 0 Å². The van der Waals surface area contributed by atoms with E-state index in [1.54, 1.807) is 0 Å². The van der Waals surface area contributed by atoms with Crippen LogP contribution in [0.15, 0.2) is 54.9 Å². The predicted molar refractivity (Wildman–Crippen MR) is 100 cm³/mol. The smallest absolute Gasteiger partial charge is 0.230 e. The van der Waals surface area contributed by atoms with Crippen molar-refractivity contribution in [1.82, 2.24) is 9.38 Å². The van der Waals surface area contributed by atoms with Gasteiger partial charge in [0.1, 0.15) is 5.65 Å². The number of pyridine rings is 1. The van der Waals surface area contributed by atoms with Gasteiger partial charge in [-0.15, -0.1) is 0 Å². The SMILES string of the molecule is O=C(Cc1cn2ccccc2n1)Nc1ccc(N2CCCCC2)cc1. The van der Waals surface area contributed by atoms with E-state index >= 15 is 0 Å². The Morgan fingerprint density at radius 1 is 1.04 bits per heavy atom. The average molecular weight is 334 g/mol. The molecule has 25 heavy (non-hydrogen) atoms. The van der Waals surface area contributed by atoms with Gasteiger partial charge in [0.05, 0.1) is 12.1 Å². The van der Waals surface area contributed by atoms with E-state index in [1.807, 2.05) is 47.1 Å². The molecule has 1 aliphatic rings. The number of benzene rings is 1. The Labute approximate surface area is 147 Å². The maximum atomic E-state index is 12.3. The third kappa shape index (κ3) is 3.65. The number of hydrogen-bond donors (Lipinski definition) is 1. The van der Waals surface area contributed by atoms with Gasteiger partial charge in [-0.3, -0.25) is 4.79 Å². The molecule has 5 nitrogen and oxygen atoms in total. The Kier molecular flexibility index (Phi) is 4.37. The summed E-state index contributed by atoms with van der Waals surface area (Å²) in [5.74, 6) is -0.0471. The van der Waals surface area contributed by atoms with Crippen LogP contribution in [0.2, 0.25) is 0 Å². The summed E-state index contributed by atoms with van der Waals surface area (Å²) in [6, 6.07) is 14.0. The molecule has 0 atom stereocenters. The van der Waals surface area contributed by atoms with Crippen molar-refractivity contribution in [1.29, 1.82) is 0 Å². The van der Waals surface area contributed by atoms with Crippen molar-refractivity contribution in [2.24, 2.45) is 0 Å². The van der Waals surface area contributed by atoms with Crippen LogP contribution < -0.4 is 10.2 Å². The molecule has 0 bridgehead atoms. The lowest BCUT2D eigenvalue weighted by atomic mass is 10.1. The molecule has 0 radical (unpaired) electrons. The fourth-order valence-electron chi connectivity index (χ4n) is 3.35. The second kappa shape index (κ2) is 6.97. The van der Waals surface area contributed by atoms with E-state index in [-0.39, 0.29) is 12.3 Å². The third-order valence-corrected chi connectivity index (χ3v) is 4.63. The number of carbonyl (C=O) groups excluding carboxylic acids is 1. The van der Waals surface area contributed by atoms with Crippen LogP contribution in [0.1, 0.15) is 25.0 Å². The minimum absolute atomic E-state index is 0.0471. The summed E-state index contributed by atoms with van der Waals surface area (Å²) in [6.07, 6.45) is 7.95. The monoisotopic (exact) mass is 334 g/mol. The largest absolute Gasteiger partial charge is 0.372 e. The molecule has 3 heterocycles. The first-order valence-corrected chi connectivity index (χ1v) is 8.85. The molecule has 0 spiro atoms. The lowest BCUT2D eigenvalue weighted by molar-refractivity contribution is -0.115. The van der Waals surface area contributed by atoms with Gasteiger partial charge in [-0.05, 0) is 55.7 Å². The molecule has 0 unspecified atom stereocenters. The van der Waals surface area contributed by atoms with Crippen molar-refractivity contribution in [2.75, 3.05) is 23.3 Å². The number of hydrogen-bond acceptors (Lipinski definition) is 3. The molecular formula is C20H22N4O. The molecule has 1 saturated heterocycles. The first-order valence-electron chi connectivity index (χ1n) is 8.85. The van der Waals surface area contributed by atoms with E-state index in [4.69, 9.17) is 0 Å². The molecule has 0 saturated carbocycles. The summed E-state index contributed by atoms with van der Waals surface area (Å²) in [6.45, 7) is 2.25. The summed E-state index contributed by atoms with van der Waals surface area (Å²) < 4.78 is 1.93. The lowest BCUT2D eigenvalue weighted by Gasteiger charge is -2.28. The van der Waals surface area contributed by atoms with E-state index in [2.05, 4.69) is 27.3 Å². The first kappa shape index (κ1) is 15.7. The Hall–Kier alpha value is -2.82. The molecule has 5 heteroatoms. The van der Waals surface area contributed by atoms with Crippen molar-refractivity contribution in [3.63, 3.8) is 0 Å². The zero-order valence-electron chi connectivity index (χ0n) is 14.2. The zero-order chi connectivity index (χ0) is 17.1. The highest BCUT2D eigenvalue weighted by Gasteiger charge is 2.11. The number of carbonyl (C=O) groups is 1. The van der Waals surface area contributed by atoms with Crippen LogP contribution >= 0.6 is 0 Å². The second-order valence-corrected chi connectivity index (χ2v) is 6.52. The number of nitrogens with one attached hydrogen (secondary N) is 1. The standard InChI is InChI=1S/C20H22N4O/c25-20(14-17-15-24-13-5-2-6-19(24)21-17)22-16-7-9-18(10-8-16)23-11-3-1-4-12-23/h2,5-10,13,15H,1,3-4,11-12,14H2,(H,22,25). The fourth-order valence-corrected chi connectivity index (χ4v) is 3.35. The topological polar surface area (TPSA) is 49.6 Å². The lowest BCUT2D eigenvalue weighted by Crippen LogP contribution is -2.29. The number of rotatable bonds is 4. The van der Waals surface area contributed by atoms with Crippen LogP contribution in [0, 0.1) is 0 Å². The fraction of sp³-hybridized carbons (Fsp3) is 0.300. The van der Waals surface area contributed by atoms with Crippen LogP contribution in [0.25, 0.3) is 5.65 Å². The van der Waals surface area contributed by atoms with Crippen molar-refractivity contribution < 1.29 is 4.79 Å². The molecule has 0 aliphatic carbocycles. The van der Waals surface area contributed by atoms with Crippen molar-refractivity contribution in [3.8, 4) is 0 Å². The van der Waals surface area contributed by atoms with Crippen LogP contribution in [0.4, 0.5) is 11.4 Å². The summed E-state index contributed by atoms with van der Waals surface area (Å²) in [5.41, 5.74) is 3.69. The number of fused-ring (bicyclic) bond motifs is 1. The van der Waals surface area contributed by atoms with E-state index in [9.17, 15) is 4.79 Å². The molecule has 128 valence electrons. The van der Waals surface area contributed by atoms with E-state index < -0.39 is 0 Å². The Balaban J connectivity index is 1.38. The highest BCUT2D eigenvalue weighted by Crippen LogP contribution is 2.21. The summed E-state index contributed by atoms with van der Waals surface area (Å²) in [4.78, 5) is 19.1. The number of aromatic nitrogens is 2. The minimum Gasteiger partial charge on any atom is -0.372 e. The van der Waals surface area contributed by atoms with Crippen LogP contribution in [-0.2, 0) is 11.2 Å². The van der Waals surface area contributed by atoms with Crippen molar-refractivity contribution in [2.45, 2.75) is 25.7 Å². The molecule has 2 aromatic heterocycles. The summed E-state index contributed by atoms with van der Waals surface area (Å²) >= 11 is 0. The van der Waals surface area contributed by atoms with Gasteiger partial charge in [0, 0.05) is 36.9 Å². The van der Waals surface area contributed by atoms with Gasteiger partial charge >= 0.3 is 0 Å². The van der Waals surface area contributed by atoms with Crippen molar-refractivity contribution >= 4 is 22.9 Å². The first-order chi connectivity index (χ1) is 12.3. The number of piperidine rings is 1. The molecule has 1 fully saturated rings. The normalized spacial score (nSPS) is 14.6. The summed E-state index contributed by atoms with van der Waals surface area (Å²) in [5, 5.41) is 2.96. The quantitative estimate of drug-likeness (QED) is 0.794. The average Bonchev–Trinajstić information content (AvgIpc) is 3.05. The minimum atomic E-state index is -0.0471. The molecule has 1 amide bonds. The van der Waals surface area contributed by atoms with Crippen LogP contribution in [-0.4, -0.2) is 28.4 Å². The number of amides is 1. The van der Waals surface area contributed by atoms with Crippen LogP contribution in [0.5, 0.6) is 0 Å². The van der Waals surface area contributed by atoms with Gasteiger partial charge in [0.2, 0.25) is 5.91 Å². The molecule has 1 N–H and O–H groups in total. The van der Waals surface area contributed by atoms with E-state index in [0.29, 0.717) is 0 Å². The Morgan fingerprint density at radius 3 is 2.60 bits per heavy atom. The van der Waals surface area contributed by atoms with Gasteiger partial charge < -0.3 is 14.6 Å². The van der Waals surface area contributed by atoms with Gasteiger partial charge in [-0.2, -0.15) is 0 Å². The molecular weight excluding hydrogens is 312 g/mol. The van der Waals surface area contributed by atoms with Gasteiger partial charge in [0.15, 0.2) is 0 Å². The Morgan fingerprint density at radius 2 is 1.84 bits per heavy atom. The highest BCUT2D eigenvalue weighted by atomic mass is 16.1. The number of nitrogens with zero attached hydrogens (tertiary/aromatic N) is 3. The maximum absolute atomic E-state index is 12.3. The molecule has 4 rings (SSSR count). The zero-order valence-corrected chi connectivity index (χ0v) is 14.2. The van der Waals surface area contributed by atoms with Crippen molar-refractivity contribution in [3.05, 3.63) is 60.6 Å². The predicted octanol–water partition coefficient (Wildman–Crippen LogP) is 3.51. The highest BCUT2D eigenvalue weighted by molar-refractivity contribution is 5.92. The number of anilines is 2. The molecule has 1 aromatic carbocycles. The molecule has 1 aliphatic heterocycles. The van der Waals surface area contributed by atoms with Crippen LogP contribution in [0.3, 0.4) is 0 Å².